The lowest BCUT2D eigenvalue weighted by Crippen LogP contribution is -2.41. The third-order valence-electron chi connectivity index (χ3n) is 5.30. The summed E-state index contributed by atoms with van der Waals surface area (Å²) >= 11 is -0.254. The number of ether oxygens (including phenoxy) is 2. The summed E-state index contributed by atoms with van der Waals surface area (Å²) < 4.78 is 56.3. The zero-order valence-electron chi connectivity index (χ0n) is 18.6. The van der Waals surface area contributed by atoms with Crippen LogP contribution in [0, 0.1) is 11.6 Å². The van der Waals surface area contributed by atoms with Gasteiger partial charge in [-0.15, -0.1) is 0 Å². The fourth-order valence-electron chi connectivity index (χ4n) is 3.31. The van der Waals surface area contributed by atoms with Crippen LogP contribution in [0.25, 0.3) is 0 Å². The summed E-state index contributed by atoms with van der Waals surface area (Å²) in [4.78, 5) is 8.93. The minimum absolute atomic E-state index is 0.131. The summed E-state index contributed by atoms with van der Waals surface area (Å²) in [7, 11) is 0. The second kappa shape index (κ2) is 10.2. The maximum absolute atomic E-state index is 14.1. The molecule has 2 aromatic rings. The average Bonchev–Trinajstić information content (AvgIpc) is 3.07. The number of halogens is 2. The molecule has 0 spiro atoms. The SMILES string of the molecule is C[C@@H](Nc1cc(NS(=O)N2CCC2)nc(SCc2cccc(F)c2F)n1)C1COC(C)(C)O1. The van der Waals surface area contributed by atoms with Gasteiger partial charge in [-0.1, -0.05) is 23.9 Å². The molecule has 2 aliphatic rings. The van der Waals surface area contributed by atoms with Gasteiger partial charge in [0.1, 0.15) is 17.7 Å². The monoisotopic (exact) mass is 499 g/mol. The molecule has 2 N–H and O–H groups in total. The van der Waals surface area contributed by atoms with Gasteiger partial charge in [-0.05, 0) is 33.3 Å². The zero-order chi connectivity index (χ0) is 23.6. The third kappa shape index (κ3) is 6.18. The van der Waals surface area contributed by atoms with E-state index in [4.69, 9.17) is 9.47 Å². The van der Waals surface area contributed by atoms with E-state index in [1.54, 1.807) is 10.4 Å². The Labute approximate surface area is 198 Å². The molecule has 4 rings (SSSR count). The second-order valence-electron chi connectivity index (χ2n) is 8.36. The van der Waals surface area contributed by atoms with E-state index in [1.807, 2.05) is 20.8 Å². The van der Waals surface area contributed by atoms with Gasteiger partial charge in [-0.2, -0.15) is 0 Å². The number of aromatic nitrogens is 2. The Hall–Kier alpha value is -1.86. The van der Waals surface area contributed by atoms with E-state index in [1.165, 1.54) is 12.1 Å². The molecule has 2 unspecified atom stereocenters. The van der Waals surface area contributed by atoms with Crippen LogP contribution in [-0.4, -0.2) is 56.1 Å². The van der Waals surface area contributed by atoms with Crippen molar-refractivity contribution in [1.29, 1.82) is 0 Å². The van der Waals surface area contributed by atoms with Crippen molar-refractivity contribution in [2.75, 3.05) is 29.7 Å². The minimum Gasteiger partial charge on any atom is -0.365 e. The van der Waals surface area contributed by atoms with Crippen molar-refractivity contribution in [3.63, 3.8) is 0 Å². The van der Waals surface area contributed by atoms with Gasteiger partial charge in [-0.25, -0.2) is 27.3 Å². The van der Waals surface area contributed by atoms with Crippen LogP contribution in [0.3, 0.4) is 0 Å². The first-order chi connectivity index (χ1) is 15.7. The summed E-state index contributed by atoms with van der Waals surface area (Å²) in [5.74, 6) is -1.42. The number of thioether (sulfide) groups is 1. The predicted molar refractivity (Wildman–Crippen MR) is 124 cm³/mol. The molecule has 1 aromatic heterocycles. The number of benzene rings is 1. The number of nitrogens with one attached hydrogen (secondary N) is 2. The number of hydrogen-bond donors (Lipinski definition) is 2. The lowest BCUT2D eigenvalue weighted by Gasteiger charge is -2.28. The molecule has 2 saturated heterocycles. The summed E-state index contributed by atoms with van der Waals surface area (Å²) in [5.41, 5.74) is 0.215. The zero-order valence-corrected chi connectivity index (χ0v) is 20.3. The molecule has 0 saturated carbocycles. The fourth-order valence-corrected chi connectivity index (χ4v) is 5.15. The van der Waals surface area contributed by atoms with E-state index in [-0.39, 0.29) is 23.5 Å². The number of nitrogens with zero attached hydrogens (tertiary/aromatic N) is 3. The standard InChI is InChI=1S/C21H27F2N5O3S2/c1-13(16-11-30-21(2,3)31-16)24-17-10-18(27-33(29)28-8-5-9-28)26-20(25-17)32-12-14-6-4-7-15(22)19(14)23/h4,6-7,10,13,16H,5,8-9,11-12H2,1-3H3,(H2,24,25,26,27)/t13-,16?,33?/m1/s1. The minimum atomic E-state index is -1.42. The average molecular weight is 500 g/mol. The molecule has 1 aromatic carbocycles. The number of anilines is 2. The highest BCUT2D eigenvalue weighted by molar-refractivity contribution is 7.98. The fraction of sp³-hybridized carbons (Fsp3) is 0.524. The maximum Gasteiger partial charge on any atom is 0.197 e. The first-order valence-corrected chi connectivity index (χ1v) is 12.8. The molecule has 0 radical (unpaired) electrons. The van der Waals surface area contributed by atoms with Crippen LogP contribution >= 0.6 is 11.8 Å². The summed E-state index contributed by atoms with van der Waals surface area (Å²) in [6, 6.07) is 5.60. The van der Waals surface area contributed by atoms with Gasteiger partial charge >= 0.3 is 0 Å². The van der Waals surface area contributed by atoms with Crippen LogP contribution in [0.1, 0.15) is 32.8 Å². The molecule has 12 heteroatoms. The van der Waals surface area contributed by atoms with E-state index in [0.717, 1.165) is 37.3 Å². The van der Waals surface area contributed by atoms with Crippen LogP contribution in [0.5, 0.6) is 0 Å². The highest BCUT2D eigenvalue weighted by atomic mass is 32.2. The largest absolute Gasteiger partial charge is 0.365 e. The van der Waals surface area contributed by atoms with Crippen molar-refractivity contribution in [2.24, 2.45) is 0 Å². The van der Waals surface area contributed by atoms with Crippen molar-refractivity contribution < 1.29 is 22.5 Å². The molecule has 0 bridgehead atoms. The van der Waals surface area contributed by atoms with Gasteiger partial charge in [0.2, 0.25) is 0 Å². The second-order valence-corrected chi connectivity index (χ2v) is 10.5. The normalized spacial score (nSPS) is 21.9. The van der Waals surface area contributed by atoms with Crippen molar-refractivity contribution in [3.8, 4) is 0 Å². The highest BCUT2D eigenvalue weighted by Crippen LogP contribution is 2.28. The van der Waals surface area contributed by atoms with E-state index < -0.39 is 28.6 Å². The maximum atomic E-state index is 14.1. The Balaban J connectivity index is 1.51. The van der Waals surface area contributed by atoms with Gasteiger partial charge in [0.05, 0.1) is 12.6 Å². The van der Waals surface area contributed by atoms with Gasteiger partial charge in [-0.3, -0.25) is 4.72 Å². The molecular weight excluding hydrogens is 472 g/mol. The summed E-state index contributed by atoms with van der Waals surface area (Å²) in [5, 5.41) is 3.63. The topological polar surface area (TPSA) is 88.6 Å². The van der Waals surface area contributed by atoms with Crippen LogP contribution in [0.2, 0.25) is 0 Å². The highest BCUT2D eigenvalue weighted by Gasteiger charge is 2.36. The molecule has 8 nitrogen and oxygen atoms in total. The lowest BCUT2D eigenvalue weighted by atomic mass is 10.2. The molecule has 3 atom stereocenters. The van der Waals surface area contributed by atoms with Crippen LogP contribution in [0.4, 0.5) is 20.4 Å². The first kappa shape index (κ1) is 24.3. The molecule has 3 heterocycles. The van der Waals surface area contributed by atoms with E-state index in [0.29, 0.717) is 23.4 Å². The molecular formula is C21H27F2N5O3S2. The Morgan fingerprint density at radius 2 is 2.06 bits per heavy atom. The number of rotatable bonds is 9. The predicted octanol–water partition coefficient (Wildman–Crippen LogP) is 3.70. The molecule has 0 aliphatic carbocycles. The van der Waals surface area contributed by atoms with Crippen molar-refractivity contribution in [2.45, 2.75) is 56.0 Å². The molecule has 0 amide bonds. The quantitative estimate of drug-likeness (QED) is 0.402. The summed E-state index contributed by atoms with van der Waals surface area (Å²) in [6.07, 6.45) is 0.820. The Morgan fingerprint density at radius 3 is 2.73 bits per heavy atom. The third-order valence-corrected chi connectivity index (χ3v) is 7.41. The molecule has 33 heavy (non-hydrogen) atoms. The van der Waals surface area contributed by atoms with Gasteiger partial charge in [0, 0.05) is 30.5 Å². The van der Waals surface area contributed by atoms with E-state index in [9.17, 15) is 13.0 Å². The van der Waals surface area contributed by atoms with E-state index >= 15 is 0 Å². The van der Waals surface area contributed by atoms with E-state index in [2.05, 4.69) is 20.0 Å². The molecule has 2 fully saturated rings. The van der Waals surface area contributed by atoms with Crippen molar-refractivity contribution in [3.05, 3.63) is 41.5 Å². The smallest absolute Gasteiger partial charge is 0.197 e. The van der Waals surface area contributed by atoms with Crippen molar-refractivity contribution >= 4 is 34.6 Å². The lowest BCUT2D eigenvalue weighted by molar-refractivity contribution is -0.139. The molecule has 2 aliphatic heterocycles. The van der Waals surface area contributed by atoms with Gasteiger partial charge in [0.15, 0.2) is 33.7 Å². The van der Waals surface area contributed by atoms with Gasteiger partial charge < -0.3 is 14.8 Å². The van der Waals surface area contributed by atoms with Crippen molar-refractivity contribution in [1.82, 2.24) is 14.3 Å². The number of hydrogen-bond acceptors (Lipinski definition) is 7. The van der Waals surface area contributed by atoms with Crippen LogP contribution in [0.15, 0.2) is 29.4 Å². The first-order valence-electron chi connectivity index (χ1n) is 10.7. The Kier molecular flexibility index (Phi) is 7.49. The van der Waals surface area contributed by atoms with Crippen LogP contribution in [-0.2, 0) is 26.4 Å². The molecule has 180 valence electrons. The Bertz CT molecular complexity index is 1030. The van der Waals surface area contributed by atoms with Gasteiger partial charge in [0.25, 0.3) is 0 Å². The van der Waals surface area contributed by atoms with Crippen LogP contribution < -0.4 is 10.0 Å². The summed E-state index contributed by atoms with van der Waals surface area (Å²) in [6.45, 7) is 7.62. The Morgan fingerprint density at radius 1 is 1.30 bits per heavy atom.